The van der Waals surface area contributed by atoms with Crippen molar-refractivity contribution in [3.05, 3.63) is 0 Å². The highest BCUT2D eigenvalue weighted by molar-refractivity contribution is 5.67. The zero-order valence-corrected chi connectivity index (χ0v) is 11.1. The smallest absolute Gasteiger partial charge is 0.303 e. The Morgan fingerprint density at radius 1 is 1.24 bits per heavy atom. The zero-order chi connectivity index (χ0) is 12.5. The summed E-state index contributed by atoms with van der Waals surface area (Å²) < 4.78 is 0. The molecule has 2 unspecified atom stereocenters. The summed E-state index contributed by atoms with van der Waals surface area (Å²) in [4.78, 5) is 13.4. The molecule has 3 nitrogen and oxygen atoms in total. The van der Waals surface area contributed by atoms with Crippen LogP contribution in [0.15, 0.2) is 0 Å². The Morgan fingerprint density at radius 2 is 1.88 bits per heavy atom. The molecule has 3 heteroatoms. The van der Waals surface area contributed by atoms with Crippen LogP contribution in [0.25, 0.3) is 0 Å². The molecule has 0 aromatic rings. The Bertz CT molecular complexity index is 282. The molecule has 1 aliphatic carbocycles. The van der Waals surface area contributed by atoms with E-state index in [9.17, 15) is 4.79 Å². The van der Waals surface area contributed by atoms with Gasteiger partial charge in [0.2, 0.25) is 0 Å². The van der Waals surface area contributed by atoms with Crippen LogP contribution in [0.2, 0.25) is 0 Å². The van der Waals surface area contributed by atoms with Gasteiger partial charge in [0.1, 0.15) is 0 Å². The fourth-order valence-corrected chi connectivity index (χ4v) is 3.44. The standard InChI is InChI=1S/C14H25NO2/c1-14(2)11(9-13(16)17)8-12(14)10-15-6-4-3-5-7-15/h11-12H,3-10H2,1-2H3,(H,16,17). The Labute approximate surface area is 104 Å². The van der Waals surface area contributed by atoms with Crippen LogP contribution in [0.1, 0.15) is 46.0 Å². The van der Waals surface area contributed by atoms with Crippen molar-refractivity contribution in [3.8, 4) is 0 Å². The van der Waals surface area contributed by atoms with E-state index in [1.165, 1.54) is 38.9 Å². The number of carboxylic acid groups (broad SMARTS) is 1. The van der Waals surface area contributed by atoms with Gasteiger partial charge < -0.3 is 10.0 Å². The summed E-state index contributed by atoms with van der Waals surface area (Å²) in [5.74, 6) is 0.444. The van der Waals surface area contributed by atoms with Crippen LogP contribution in [0.3, 0.4) is 0 Å². The maximum atomic E-state index is 10.8. The zero-order valence-electron chi connectivity index (χ0n) is 11.1. The summed E-state index contributed by atoms with van der Waals surface area (Å²) in [6.45, 7) is 8.17. The lowest BCUT2D eigenvalue weighted by Crippen LogP contribution is -2.51. The number of nitrogens with zero attached hydrogens (tertiary/aromatic N) is 1. The largest absolute Gasteiger partial charge is 0.481 e. The van der Waals surface area contributed by atoms with Gasteiger partial charge in [-0.3, -0.25) is 4.79 Å². The van der Waals surface area contributed by atoms with Gasteiger partial charge in [-0.05, 0) is 49.6 Å². The number of aliphatic carboxylic acids is 1. The van der Waals surface area contributed by atoms with E-state index in [0.717, 1.165) is 6.42 Å². The number of likely N-dealkylation sites (tertiary alicyclic amines) is 1. The normalized spacial score (nSPS) is 33.1. The van der Waals surface area contributed by atoms with Crippen LogP contribution < -0.4 is 0 Å². The molecule has 0 bridgehead atoms. The van der Waals surface area contributed by atoms with Crippen molar-refractivity contribution < 1.29 is 9.90 Å². The summed E-state index contributed by atoms with van der Waals surface area (Å²) in [7, 11) is 0. The molecule has 0 aromatic heterocycles. The van der Waals surface area contributed by atoms with Gasteiger partial charge in [0.05, 0.1) is 0 Å². The van der Waals surface area contributed by atoms with E-state index in [0.29, 0.717) is 18.3 Å². The van der Waals surface area contributed by atoms with E-state index in [2.05, 4.69) is 18.7 Å². The van der Waals surface area contributed by atoms with E-state index < -0.39 is 5.97 Å². The highest BCUT2D eigenvalue weighted by Crippen LogP contribution is 2.53. The molecular formula is C14H25NO2. The third kappa shape index (κ3) is 2.82. The van der Waals surface area contributed by atoms with Crippen LogP contribution in [0.4, 0.5) is 0 Å². The first-order valence-corrected chi connectivity index (χ1v) is 6.94. The van der Waals surface area contributed by atoms with Crippen molar-refractivity contribution >= 4 is 5.97 Å². The van der Waals surface area contributed by atoms with E-state index in [-0.39, 0.29) is 5.41 Å². The van der Waals surface area contributed by atoms with Crippen molar-refractivity contribution in [2.24, 2.45) is 17.3 Å². The minimum absolute atomic E-state index is 0.218. The maximum absolute atomic E-state index is 10.8. The molecule has 1 N–H and O–H groups in total. The number of rotatable bonds is 4. The quantitative estimate of drug-likeness (QED) is 0.820. The SMILES string of the molecule is CC1(C)C(CC(=O)O)CC1CN1CCCCC1. The topological polar surface area (TPSA) is 40.5 Å². The van der Waals surface area contributed by atoms with Gasteiger partial charge in [0, 0.05) is 13.0 Å². The minimum Gasteiger partial charge on any atom is -0.481 e. The van der Waals surface area contributed by atoms with Gasteiger partial charge >= 0.3 is 5.97 Å². The van der Waals surface area contributed by atoms with Crippen LogP contribution in [-0.2, 0) is 4.79 Å². The third-order valence-corrected chi connectivity index (χ3v) is 5.02. The summed E-state index contributed by atoms with van der Waals surface area (Å²) in [5, 5.41) is 8.88. The van der Waals surface area contributed by atoms with Crippen molar-refractivity contribution in [1.82, 2.24) is 4.90 Å². The molecule has 0 spiro atoms. The second-order valence-electron chi connectivity index (χ2n) is 6.41. The molecule has 1 saturated heterocycles. The van der Waals surface area contributed by atoms with E-state index in [1.807, 2.05) is 0 Å². The van der Waals surface area contributed by atoms with Gasteiger partial charge in [-0.15, -0.1) is 0 Å². The molecule has 17 heavy (non-hydrogen) atoms. The third-order valence-electron chi connectivity index (χ3n) is 5.02. The minimum atomic E-state index is -0.639. The summed E-state index contributed by atoms with van der Waals surface area (Å²) in [6.07, 6.45) is 5.52. The second kappa shape index (κ2) is 4.97. The van der Waals surface area contributed by atoms with Crippen molar-refractivity contribution in [2.45, 2.75) is 46.0 Å². The van der Waals surface area contributed by atoms with Gasteiger partial charge in [-0.2, -0.15) is 0 Å². The molecule has 2 rings (SSSR count). The molecule has 2 aliphatic rings. The number of carboxylic acids is 1. The fourth-order valence-electron chi connectivity index (χ4n) is 3.44. The van der Waals surface area contributed by atoms with Gasteiger partial charge in [-0.1, -0.05) is 20.3 Å². The molecule has 1 heterocycles. The van der Waals surface area contributed by atoms with E-state index >= 15 is 0 Å². The number of carbonyl (C=O) groups is 1. The first-order valence-electron chi connectivity index (χ1n) is 6.94. The van der Waals surface area contributed by atoms with Gasteiger partial charge in [0.15, 0.2) is 0 Å². The van der Waals surface area contributed by atoms with Crippen molar-refractivity contribution in [2.75, 3.05) is 19.6 Å². The Morgan fingerprint density at radius 3 is 2.41 bits per heavy atom. The summed E-state index contributed by atoms with van der Waals surface area (Å²) in [6, 6.07) is 0. The van der Waals surface area contributed by atoms with Crippen LogP contribution in [0.5, 0.6) is 0 Å². The van der Waals surface area contributed by atoms with Gasteiger partial charge in [-0.25, -0.2) is 0 Å². The molecule has 0 aromatic carbocycles. The van der Waals surface area contributed by atoms with Crippen LogP contribution in [0, 0.1) is 17.3 Å². The monoisotopic (exact) mass is 239 g/mol. The van der Waals surface area contributed by atoms with Crippen LogP contribution >= 0.6 is 0 Å². The molecule has 0 radical (unpaired) electrons. The average Bonchev–Trinajstić information content (AvgIpc) is 2.28. The Balaban J connectivity index is 1.81. The number of hydrogen-bond donors (Lipinski definition) is 1. The highest BCUT2D eigenvalue weighted by Gasteiger charge is 2.48. The van der Waals surface area contributed by atoms with Gasteiger partial charge in [0.25, 0.3) is 0 Å². The fraction of sp³-hybridized carbons (Fsp3) is 0.929. The number of piperidine rings is 1. The lowest BCUT2D eigenvalue weighted by atomic mass is 9.53. The lowest BCUT2D eigenvalue weighted by molar-refractivity contribution is -0.144. The average molecular weight is 239 g/mol. The summed E-state index contributed by atoms with van der Waals surface area (Å²) >= 11 is 0. The molecule has 2 fully saturated rings. The van der Waals surface area contributed by atoms with Crippen molar-refractivity contribution in [3.63, 3.8) is 0 Å². The van der Waals surface area contributed by atoms with E-state index in [1.54, 1.807) is 0 Å². The second-order valence-corrected chi connectivity index (χ2v) is 6.41. The summed E-state index contributed by atoms with van der Waals surface area (Å²) in [5.41, 5.74) is 0.218. The predicted molar refractivity (Wildman–Crippen MR) is 67.9 cm³/mol. The Hall–Kier alpha value is -0.570. The predicted octanol–water partition coefficient (Wildman–Crippen LogP) is 2.61. The Kier molecular flexibility index (Phi) is 3.76. The highest BCUT2D eigenvalue weighted by atomic mass is 16.4. The molecule has 1 aliphatic heterocycles. The first-order chi connectivity index (χ1) is 8.00. The van der Waals surface area contributed by atoms with E-state index in [4.69, 9.17) is 5.11 Å². The lowest BCUT2D eigenvalue weighted by Gasteiger charge is -2.53. The molecule has 2 atom stereocenters. The van der Waals surface area contributed by atoms with Crippen molar-refractivity contribution in [1.29, 1.82) is 0 Å². The number of hydrogen-bond acceptors (Lipinski definition) is 2. The first kappa shape index (κ1) is 12.9. The molecule has 98 valence electrons. The molecular weight excluding hydrogens is 214 g/mol. The molecule has 0 amide bonds. The van der Waals surface area contributed by atoms with Crippen LogP contribution in [-0.4, -0.2) is 35.6 Å². The maximum Gasteiger partial charge on any atom is 0.303 e. The molecule has 1 saturated carbocycles.